The van der Waals surface area contributed by atoms with E-state index in [0.29, 0.717) is 6.54 Å². The summed E-state index contributed by atoms with van der Waals surface area (Å²) in [4.78, 5) is 28.1. The number of nitrogens with one attached hydrogen (secondary N) is 1. The molecule has 0 saturated carbocycles. The van der Waals surface area contributed by atoms with E-state index >= 15 is 0 Å². The first-order chi connectivity index (χ1) is 15.0. The van der Waals surface area contributed by atoms with Crippen LogP contribution in [0, 0.1) is 0 Å². The summed E-state index contributed by atoms with van der Waals surface area (Å²) in [5.41, 5.74) is 4.23. The molecule has 1 heterocycles. The average molecular weight is 422 g/mol. The molecule has 1 amide bonds. The molecule has 1 saturated heterocycles. The highest BCUT2D eigenvalue weighted by Gasteiger charge is 2.19. The Labute approximate surface area is 184 Å². The van der Waals surface area contributed by atoms with Crippen LogP contribution in [-0.2, 0) is 20.7 Å². The fourth-order valence-electron chi connectivity index (χ4n) is 3.63. The molecule has 0 aromatic heterocycles. The first kappa shape index (κ1) is 22.6. The number of aryl methyl sites for hydroxylation is 1. The minimum Gasteiger partial charge on any atom is -0.468 e. The van der Waals surface area contributed by atoms with Gasteiger partial charge in [-0.15, -0.1) is 0 Å². The van der Waals surface area contributed by atoms with Gasteiger partial charge in [0.1, 0.15) is 0 Å². The van der Waals surface area contributed by atoms with E-state index in [-0.39, 0.29) is 11.9 Å². The maximum atomic E-state index is 12.3. The van der Waals surface area contributed by atoms with Gasteiger partial charge in [0, 0.05) is 43.6 Å². The average Bonchev–Trinajstić information content (AvgIpc) is 2.79. The molecule has 1 N–H and O–H groups in total. The van der Waals surface area contributed by atoms with Crippen LogP contribution in [0.4, 0.5) is 11.4 Å². The Morgan fingerprint density at radius 1 is 1.00 bits per heavy atom. The lowest BCUT2D eigenvalue weighted by Crippen LogP contribution is -2.48. The Kier molecular flexibility index (Phi) is 8.24. The quantitative estimate of drug-likeness (QED) is 0.522. The third-order valence-corrected chi connectivity index (χ3v) is 5.48. The highest BCUT2D eigenvalue weighted by atomic mass is 16.5. The van der Waals surface area contributed by atoms with Crippen molar-refractivity contribution in [2.45, 2.75) is 19.8 Å². The molecule has 2 aromatic carbocycles. The molecule has 3 rings (SSSR count). The van der Waals surface area contributed by atoms with Gasteiger partial charge in [-0.05, 0) is 49.6 Å². The Hall–Kier alpha value is -3.12. The van der Waals surface area contributed by atoms with Crippen LogP contribution in [0.25, 0.3) is 0 Å². The molecule has 0 atom stereocenters. The highest BCUT2D eigenvalue weighted by Crippen LogP contribution is 2.20. The van der Waals surface area contributed by atoms with Crippen molar-refractivity contribution < 1.29 is 14.3 Å². The molecular formula is C25H31N3O3. The second kappa shape index (κ2) is 11.3. The molecule has 6 nitrogen and oxygen atoms in total. The van der Waals surface area contributed by atoms with E-state index in [4.69, 9.17) is 4.74 Å². The number of benzene rings is 2. The molecule has 164 valence electrons. The van der Waals surface area contributed by atoms with Crippen molar-refractivity contribution in [3.05, 3.63) is 71.8 Å². The van der Waals surface area contributed by atoms with Crippen molar-refractivity contribution in [1.82, 2.24) is 4.90 Å². The molecule has 0 aliphatic carbocycles. The monoisotopic (exact) mass is 421 g/mol. The maximum absolute atomic E-state index is 12.3. The van der Waals surface area contributed by atoms with Crippen molar-refractivity contribution in [2.75, 3.05) is 50.1 Å². The molecule has 0 bridgehead atoms. The van der Waals surface area contributed by atoms with Crippen LogP contribution in [0.15, 0.2) is 66.2 Å². The minimum atomic E-state index is -0.196. The summed E-state index contributed by atoms with van der Waals surface area (Å²) in [6, 6.07) is 18.2. The minimum absolute atomic E-state index is 0.102. The number of carbonyl (C=O) groups is 2. The molecule has 0 radical (unpaired) electrons. The van der Waals surface area contributed by atoms with E-state index in [1.54, 1.807) is 6.08 Å². The van der Waals surface area contributed by atoms with Crippen molar-refractivity contribution in [2.24, 2.45) is 0 Å². The predicted octanol–water partition coefficient (Wildman–Crippen LogP) is 3.50. The lowest BCUT2D eigenvalue weighted by Gasteiger charge is -2.35. The number of rotatable bonds is 8. The summed E-state index contributed by atoms with van der Waals surface area (Å²) in [5, 5.41) is 2.94. The number of piperazine rings is 1. The van der Waals surface area contributed by atoms with Crippen molar-refractivity contribution >= 4 is 23.3 Å². The fraction of sp³-hybridized carbons (Fsp3) is 0.360. The summed E-state index contributed by atoms with van der Waals surface area (Å²) >= 11 is 0. The van der Waals surface area contributed by atoms with Crippen molar-refractivity contribution in [1.29, 1.82) is 0 Å². The zero-order valence-corrected chi connectivity index (χ0v) is 18.3. The number of esters is 1. The Morgan fingerprint density at radius 2 is 1.68 bits per heavy atom. The van der Waals surface area contributed by atoms with E-state index in [1.807, 2.05) is 49.4 Å². The van der Waals surface area contributed by atoms with Gasteiger partial charge < -0.3 is 15.0 Å². The van der Waals surface area contributed by atoms with Gasteiger partial charge in [-0.3, -0.25) is 14.5 Å². The van der Waals surface area contributed by atoms with E-state index < -0.39 is 0 Å². The maximum Gasteiger partial charge on any atom is 0.319 e. The van der Waals surface area contributed by atoms with Gasteiger partial charge >= 0.3 is 5.97 Å². The van der Waals surface area contributed by atoms with Gasteiger partial charge in [-0.25, -0.2) is 0 Å². The molecule has 0 unspecified atom stereocenters. The lowest BCUT2D eigenvalue weighted by atomic mass is 10.1. The summed E-state index contributed by atoms with van der Waals surface area (Å²) in [6.07, 6.45) is 3.47. The first-order valence-corrected chi connectivity index (χ1v) is 10.7. The third kappa shape index (κ3) is 7.26. The van der Waals surface area contributed by atoms with Gasteiger partial charge in [-0.2, -0.15) is 0 Å². The highest BCUT2D eigenvalue weighted by molar-refractivity contribution is 5.99. The van der Waals surface area contributed by atoms with Crippen LogP contribution in [-0.4, -0.2) is 56.6 Å². The summed E-state index contributed by atoms with van der Waals surface area (Å²) in [5.74, 6) is -0.298. The first-order valence-electron chi connectivity index (χ1n) is 10.7. The number of methoxy groups -OCH3 is 1. The largest absolute Gasteiger partial charge is 0.468 e. The number of ether oxygens (including phenoxy) is 1. The Bertz CT molecular complexity index is 886. The summed E-state index contributed by atoms with van der Waals surface area (Å²) in [6.45, 7) is 5.68. The standard InChI is InChI=1S/C25H31N3O3/c1-20(8-9-21-6-4-3-5-7-21)18-24(29)26-22-10-12-23(13-11-22)28-16-14-27(15-17-28)19-25(30)31-2/h3-7,10-13,18H,8-9,14-17,19H2,1-2H3,(H,26,29)/b20-18-. The summed E-state index contributed by atoms with van der Waals surface area (Å²) < 4.78 is 4.73. The van der Waals surface area contributed by atoms with Gasteiger partial charge in [-0.1, -0.05) is 35.9 Å². The molecule has 6 heteroatoms. The predicted molar refractivity (Wildman–Crippen MR) is 124 cm³/mol. The van der Waals surface area contributed by atoms with Crippen LogP contribution < -0.4 is 10.2 Å². The smallest absolute Gasteiger partial charge is 0.319 e. The molecule has 1 aliphatic heterocycles. The number of allylic oxidation sites excluding steroid dienone is 1. The van der Waals surface area contributed by atoms with Crippen LogP contribution in [0.1, 0.15) is 18.9 Å². The Morgan fingerprint density at radius 3 is 2.32 bits per heavy atom. The fourth-order valence-corrected chi connectivity index (χ4v) is 3.63. The van der Waals surface area contributed by atoms with Crippen molar-refractivity contribution in [3.8, 4) is 0 Å². The van der Waals surface area contributed by atoms with Crippen LogP contribution in [0.5, 0.6) is 0 Å². The normalized spacial score (nSPS) is 14.9. The number of anilines is 2. The van der Waals surface area contributed by atoms with Gasteiger partial charge in [0.05, 0.1) is 13.7 Å². The number of carbonyl (C=O) groups excluding carboxylic acids is 2. The van der Waals surface area contributed by atoms with Gasteiger partial charge in [0.25, 0.3) is 0 Å². The molecular weight excluding hydrogens is 390 g/mol. The van der Waals surface area contributed by atoms with E-state index in [1.165, 1.54) is 12.7 Å². The zero-order valence-electron chi connectivity index (χ0n) is 18.3. The van der Waals surface area contributed by atoms with E-state index in [0.717, 1.165) is 56.0 Å². The van der Waals surface area contributed by atoms with Crippen LogP contribution in [0.2, 0.25) is 0 Å². The zero-order chi connectivity index (χ0) is 22.1. The summed E-state index contributed by atoms with van der Waals surface area (Å²) in [7, 11) is 1.42. The topological polar surface area (TPSA) is 61.9 Å². The number of amides is 1. The second-order valence-corrected chi connectivity index (χ2v) is 7.85. The number of nitrogens with zero attached hydrogens (tertiary/aromatic N) is 2. The second-order valence-electron chi connectivity index (χ2n) is 7.85. The molecule has 1 fully saturated rings. The van der Waals surface area contributed by atoms with Crippen LogP contribution >= 0.6 is 0 Å². The molecule has 1 aliphatic rings. The molecule has 31 heavy (non-hydrogen) atoms. The van der Waals surface area contributed by atoms with Crippen molar-refractivity contribution in [3.63, 3.8) is 0 Å². The van der Waals surface area contributed by atoms with E-state index in [9.17, 15) is 9.59 Å². The van der Waals surface area contributed by atoms with E-state index in [2.05, 4.69) is 27.2 Å². The SMILES string of the molecule is COC(=O)CN1CCN(c2ccc(NC(=O)/C=C(/C)CCc3ccccc3)cc2)CC1. The number of hydrogen-bond donors (Lipinski definition) is 1. The molecule has 2 aromatic rings. The Balaban J connectivity index is 1.45. The lowest BCUT2D eigenvalue weighted by molar-refractivity contribution is -0.142. The van der Waals surface area contributed by atoms with Gasteiger partial charge in [0.2, 0.25) is 5.91 Å². The third-order valence-electron chi connectivity index (χ3n) is 5.48. The van der Waals surface area contributed by atoms with Gasteiger partial charge in [0.15, 0.2) is 0 Å². The van der Waals surface area contributed by atoms with Crippen LogP contribution in [0.3, 0.4) is 0 Å². The number of hydrogen-bond acceptors (Lipinski definition) is 5. The molecule has 0 spiro atoms.